The van der Waals surface area contributed by atoms with Crippen molar-refractivity contribution >= 4 is 17.5 Å². The first-order chi connectivity index (χ1) is 21.0. The third-order valence-electron chi connectivity index (χ3n) is 5.83. The monoisotopic (exact) mass is 601 g/mol. The molecule has 1 amide bonds. The fourth-order valence-corrected chi connectivity index (χ4v) is 3.83. The molecule has 0 fully saturated rings. The van der Waals surface area contributed by atoms with Gasteiger partial charge in [-0.25, -0.2) is 15.0 Å². The lowest BCUT2D eigenvalue weighted by Crippen LogP contribution is -2.16. The molecule has 0 aliphatic carbocycles. The Labute approximate surface area is 250 Å². The van der Waals surface area contributed by atoms with Gasteiger partial charge in [-0.1, -0.05) is 19.2 Å². The number of allylic oxidation sites excluding steroid dienone is 3. The summed E-state index contributed by atoms with van der Waals surface area (Å²) in [4.78, 5) is 42.5. The number of ether oxygens (including phenoxy) is 2. The van der Waals surface area contributed by atoms with Crippen LogP contribution in [0, 0.1) is 6.92 Å². The summed E-state index contributed by atoms with van der Waals surface area (Å²) in [5.41, 5.74) is 0.0246. The number of halogens is 3. The summed E-state index contributed by atoms with van der Waals surface area (Å²) in [7, 11) is 0. The molecule has 44 heavy (non-hydrogen) atoms. The highest BCUT2D eigenvalue weighted by Crippen LogP contribution is 2.29. The Balaban J connectivity index is 1.55. The molecule has 4 rings (SSSR count). The molecule has 0 saturated heterocycles. The fourth-order valence-electron chi connectivity index (χ4n) is 3.83. The van der Waals surface area contributed by atoms with Gasteiger partial charge in [-0.05, 0) is 49.8 Å². The molecule has 0 bridgehead atoms. The summed E-state index contributed by atoms with van der Waals surface area (Å²) >= 11 is 0. The number of nitrogens with one attached hydrogen (secondary N) is 1. The number of nitrogens with zero attached hydrogens (tertiary/aromatic N) is 4. The maximum Gasteiger partial charge on any atom is 0.417 e. The number of alkyl halides is 3. The number of ketones is 1. The molecular formula is C32H26F3N5O4. The lowest BCUT2D eigenvalue weighted by Gasteiger charge is -2.11. The lowest BCUT2D eigenvalue weighted by molar-refractivity contribution is -0.137. The number of amides is 1. The summed E-state index contributed by atoms with van der Waals surface area (Å²) in [5.74, 6) is 0.312. The van der Waals surface area contributed by atoms with E-state index in [4.69, 9.17) is 9.47 Å². The van der Waals surface area contributed by atoms with Gasteiger partial charge in [-0.15, -0.1) is 0 Å². The molecule has 4 heterocycles. The van der Waals surface area contributed by atoms with Gasteiger partial charge in [-0.2, -0.15) is 13.2 Å². The smallest absolute Gasteiger partial charge is 0.417 e. The number of aromatic nitrogens is 4. The van der Waals surface area contributed by atoms with Crippen LogP contribution in [0.25, 0.3) is 0 Å². The quantitative estimate of drug-likeness (QED) is 0.104. The SMILES string of the molecule is C=CC=C(C=C)Oc1cc(C)nc(C(=O)CCc2cc(Oc3cccnc3)cc(C(=O)Nc3ccc(C(F)(F)F)cn3)n2)c1. The highest BCUT2D eigenvalue weighted by atomic mass is 19.4. The van der Waals surface area contributed by atoms with Crippen molar-refractivity contribution in [3.63, 3.8) is 0 Å². The number of pyridine rings is 4. The minimum atomic E-state index is -4.57. The van der Waals surface area contributed by atoms with Crippen LogP contribution in [0.1, 0.15) is 44.3 Å². The molecule has 1 N–H and O–H groups in total. The standard InChI is InChI=1S/C32H26F3N5O4/c1-4-7-23(5-2)43-25-14-20(3)38-27(16-25)29(41)11-10-22-15-26(44-24-8-6-13-36-19-24)17-28(39-22)31(42)40-30-12-9-21(18-37-30)32(33,34)35/h4-9,12-19H,1-2,10-11H2,3H3,(H,37,40,42). The summed E-state index contributed by atoms with van der Waals surface area (Å²) < 4.78 is 50.3. The van der Waals surface area contributed by atoms with E-state index in [-0.39, 0.29) is 41.6 Å². The van der Waals surface area contributed by atoms with E-state index in [2.05, 4.69) is 38.4 Å². The van der Waals surface area contributed by atoms with Crippen molar-refractivity contribution in [1.82, 2.24) is 19.9 Å². The third-order valence-corrected chi connectivity index (χ3v) is 5.83. The van der Waals surface area contributed by atoms with Crippen LogP contribution in [0.15, 0.2) is 104 Å². The molecule has 0 aliphatic rings. The van der Waals surface area contributed by atoms with E-state index in [0.29, 0.717) is 34.8 Å². The molecule has 0 saturated carbocycles. The molecule has 9 nitrogen and oxygen atoms in total. The van der Waals surface area contributed by atoms with Crippen molar-refractivity contribution in [3.05, 3.63) is 133 Å². The van der Waals surface area contributed by atoms with Gasteiger partial charge in [0.1, 0.15) is 40.2 Å². The van der Waals surface area contributed by atoms with Crippen LogP contribution in [-0.2, 0) is 12.6 Å². The molecule has 224 valence electrons. The maximum absolute atomic E-state index is 13.1. The minimum absolute atomic E-state index is 0.0163. The molecule has 0 atom stereocenters. The first kappa shape index (κ1) is 31.3. The topological polar surface area (TPSA) is 116 Å². The van der Waals surface area contributed by atoms with Crippen molar-refractivity contribution in [1.29, 1.82) is 0 Å². The number of rotatable bonds is 12. The van der Waals surface area contributed by atoms with E-state index in [9.17, 15) is 22.8 Å². The Morgan fingerprint density at radius 3 is 2.43 bits per heavy atom. The molecule has 0 aromatic carbocycles. The van der Waals surface area contributed by atoms with Gasteiger partial charge >= 0.3 is 6.18 Å². The Hall–Kier alpha value is -5.65. The van der Waals surface area contributed by atoms with Crippen molar-refractivity contribution in [2.45, 2.75) is 25.9 Å². The normalized spacial score (nSPS) is 11.4. The highest BCUT2D eigenvalue weighted by Gasteiger charge is 2.30. The van der Waals surface area contributed by atoms with E-state index >= 15 is 0 Å². The average molecular weight is 602 g/mol. The molecule has 0 aliphatic heterocycles. The number of anilines is 1. The van der Waals surface area contributed by atoms with Crippen LogP contribution in [0.4, 0.5) is 19.0 Å². The van der Waals surface area contributed by atoms with E-state index < -0.39 is 17.6 Å². The number of hydrogen-bond donors (Lipinski definition) is 1. The minimum Gasteiger partial charge on any atom is -0.457 e. The second-order valence-corrected chi connectivity index (χ2v) is 9.22. The van der Waals surface area contributed by atoms with Gasteiger partial charge in [0.05, 0.1) is 11.8 Å². The Morgan fingerprint density at radius 1 is 0.977 bits per heavy atom. The van der Waals surface area contributed by atoms with Crippen LogP contribution in [-0.4, -0.2) is 31.6 Å². The molecule has 4 aromatic heterocycles. The second kappa shape index (κ2) is 14.0. The van der Waals surface area contributed by atoms with Crippen molar-refractivity contribution in [2.24, 2.45) is 0 Å². The highest BCUT2D eigenvalue weighted by molar-refractivity contribution is 6.02. The summed E-state index contributed by atoms with van der Waals surface area (Å²) in [6.07, 6.45) is 3.86. The van der Waals surface area contributed by atoms with Crippen LogP contribution >= 0.6 is 0 Å². The number of hydrogen-bond acceptors (Lipinski definition) is 8. The Morgan fingerprint density at radius 2 is 1.77 bits per heavy atom. The van der Waals surface area contributed by atoms with Gasteiger partial charge in [0, 0.05) is 54.5 Å². The van der Waals surface area contributed by atoms with Crippen LogP contribution < -0.4 is 14.8 Å². The number of carbonyl (C=O) groups is 2. The van der Waals surface area contributed by atoms with Crippen LogP contribution in [0.3, 0.4) is 0 Å². The first-order valence-electron chi connectivity index (χ1n) is 13.1. The largest absolute Gasteiger partial charge is 0.457 e. The predicted molar refractivity (Wildman–Crippen MR) is 156 cm³/mol. The molecule has 0 spiro atoms. The lowest BCUT2D eigenvalue weighted by atomic mass is 10.1. The predicted octanol–water partition coefficient (Wildman–Crippen LogP) is 7.09. The Kier molecular flexibility index (Phi) is 9.96. The van der Waals surface area contributed by atoms with Crippen molar-refractivity contribution in [2.75, 3.05) is 5.32 Å². The van der Waals surface area contributed by atoms with Gasteiger partial charge in [-0.3, -0.25) is 14.6 Å². The zero-order valence-electron chi connectivity index (χ0n) is 23.5. The van der Waals surface area contributed by atoms with Gasteiger partial charge in [0.15, 0.2) is 5.78 Å². The number of carbonyl (C=O) groups excluding carboxylic acids is 2. The van der Waals surface area contributed by atoms with E-state index in [1.807, 2.05) is 0 Å². The molecular weight excluding hydrogens is 575 g/mol. The fraction of sp³-hybridized carbons (Fsp3) is 0.125. The second-order valence-electron chi connectivity index (χ2n) is 9.22. The van der Waals surface area contributed by atoms with Crippen LogP contribution in [0.2, 0.25) is 0 Å². The molecule has 12 heteroatoms. The molecule has 4 aromatic rings. The van der Waals surface area contributed by atoms with Crippen LogP contribution in [0.5, 0.6) is 17.2 Å². The first-order valence-corrected chi connectivity index (χ1v) is 13.1. The average Bonchev–Trinajstić information content (AvgIpc) is 2.99. The number of aryl methyl sites for hydroxylation is 2. The Bertz CT molecular complexity index is 1710. The summed E-state index contributed by atoms with van der Waals surface area (Å²) in [6.45, 7) is 9.05. The van der Waals surface area contributed by atoms with Crippen molar-refractivity contribution < 1.29 is 32.2 Å². The molecule has 0 radical (unpaired) electrons. The zero-order valence-corrected chi connectivity index (χ0v) is 23.5. The van der Waals surface area contributed by atoms with E-state index in [0.717, 1.165) is 12.1 Å². The molecule has 0 unspecified atom stereocenters. The van der Waals surface area contributed by atoms with Gasteiger partial charge < -0.3 is 14.8 Å². The van der Waals surface area contributed by atoms with Gasteiger partial charge in [0.25, 0.3) is 5.91 Å². The summed E-state index contributed by atoms with van der Waals surface area (Å²) in [5, 5.41) is 2.43. The number of Topliss-reactive ketones (excluding diaryl/α,β-unsaturated/α-hetero) is 1. The van der Waals surface area contributed by atoms with E-state index in [1.165, 1.54) is 24.4 Å². The van der Waals surface area contributed by atoms with Gasteiger partial charge in [0.2, 0.25) is 0 Å². The van der Waals surface area contributed by atoms with Crippen molar-refractivity contribution in [3.8, 4) is 17.2 Å². The summed E-state index contributed by atoms with van der Waals surface area (Å²) in [6, 6.07) is 11.3. The maximum atomic E-state index is 13.1. The zero-order chi connectivity index (χ0) is 31.7. The third kappa shape index (κ3) is 8.68. The van der Waals surface area contributed by atoms with E-state index in [1.54, 1.807) is 49.5 Å².